The van der Waals surface area contributed by atoms with E-state index in [4.69, 9.17) is 15.2 Å². The predicted molar refractivity (Wildman–Crippen MR) is 80.5 cm³/mol. The van der Waals surface area contributed by atoms with Gasteiger partial charge in [0.25, 0.3) is 0 Å². The maximum Gasteiger partial charge on any atom is 0.315 e. The van der Waals surface area contributed by atoms with Crippen LogP contribution in [0.2, 0.25) is 0 Å². The van der Waals surface area contributed by atoms with E-state index in [1.165, 1.54) is 37.0 Å². The Morgan fingerprint density at radius 2 is 1.82 bits per heavy atom. The third kappa shape index (κ3) is 2.25. The highest BCUT2D eigenvalue weighted by Crippen LogP contribution is 2.26. The van der Waals surface area contributed by atoms with E-state index in [0.29, 0.717) is 10.2 Å². The third-order valence-electron chi connectivity index (χ3n) is 2.98. The Morgan fingerprint density at radius 1 is 1.18 bits per heavy atom. The van der Waals surface area contributed by atoms with E-state index in [-0.39, 0.29) is 28.3 Å². The molecule has 0 aliphatic heterocycles. The number of benzene rings is 1. The van der Waals surface area contributed by atoms with Gasteiger partial charge in [-0.05, 0) is 12.1 Å². The number of anilines is 1. The molecule has 2 N–H and O–H groups in total. The van der Waals surface area contributed by atoms with E-state index in [1.807, 2.05) is 0 Å². The van der Waals surface area contributed by atoms with E-state index >= 15 is 0 Å². The summed E-state index contributed by atoms with van der Waals surface area (Å²) >= 11 is 0.874. The minimum atomic E-state index is -0.579. The second-order valence-corrected chi connectivity index (χ2v) is 5.29. The van der Waals surface area contributed by atoms with Crippen molar-refractivity contribution in [2.45, 2.75) is 0 Å². The molecule has 9 heteroatoms. The van der Waals surface area contributed by atoms with Crippen molar-refractivity contribution >= 4 is 27.2 Å². The number of ether oxygens (including phenoxy) is 2. The normalized spacial score (nSPS) is 10.9. The summed E-state index contributed by atoms with van der Waals surface area (Å²) in [5.41, 5.74) is 5.94. The molecule has 0 saturated carbocycles. The summed E-state index contributed by atoms with van der Waals surface area (Å²) in [6.07, 6.45) is 0. The van der Waals surface area contributed by atoms with E-state index < -0.39 is 5.82 Å². The van der Waals surface area contributed by atoms with Gasteiger partial charge in [-0.2, -0.15) is 9.97 Å². The zero-order valence-corrected chi connectivity index (χ0v) is 12.5. The van der Waals surface area contributed by atoms with Crippen LogP contribution in [0.15, 0.2) is 23.0 Å². The van der Waals surface area contributed by atoms with Gasteiger partial charge >= 0.3 is 4.87 Å². The molecule has 0 radical (unpaired) electrons. The summed E-state index contributed by atoms with van der Waals surface area (Å²) in [5, 5.41) is 0. The highest BCUT2D eigenvalue weighted by Gasteiger charge is 2.16. The molecule has 0 spiro atoms. The topological polar surface area (TPSA) is 92.3 Å². The Balaban J connectivity index is 2.32. The second-order valence-electron chi connectivity index (χ2n) is 4.30. The maximum atomic E-state index is 13.5. The lowest BCUT2D eigenvalue weighted by molar-refractivity contribution is 0.370. The van der Waals surface area contributed by atoms with Crippen molar-refractivity contribution in [1.82, 2.24) is 14.5 Å². The molecule has 22 heavy (non-hydrogen) atoms. The van der Waals surface area contributed by atoms with Crippen molar-refractivity contribution in [3.05, 3.63) is 33.7 Å². The van der Waals surface area contributed by atoms with Gasteiger partial charge < -0.3 is 15.2 Å². The lowest BCUT2D eigenvalue weighted by Gasteiger charge is -2.07. The Labute approximate surface area is 127 Å². The Hall–Kier alpha value is -2.68. The number of nitrogens with two attached hydrogens (primary N) is 1. The summed E-state index contributed by atoms with van der Waals surface area (Å²) in [6, 6.07) is 4.07. The molecule has 0 fully saturated rings. The molecule has 114 valence electrons. The molecule has 0 amide bonds. The van der Waals surface area contributed by atoms with Crippen LogP contribution < -0.4 is 20.1 Å². The fourth-order valence-electron chi connectivity index (χ4n) is 1.95. The quantitative estimate of drug-likeness (QED) is 0.736. The van der Waals surface area contributed by atoms with Gasteiger partial charge in [0, 0.05) is 0 Å². The SMILES string of the molecule is COc1cc(OC)nc(-n2c(=O)sc3cc(F)c(N)cc32)n1. The monoisotopic (exact) mass is 322 g/mol. The molecule has 0 bridgehead atoms. The number of methoxy groups -OCH3 is 2. The first-order valence-corrected chi connectivity index (χ1v) is 6.93. The summed E-state index contributed by atoms with van der Waals surface area (Å²) in [5.74, 6) is -0.0325. The van der Waals surface area contributed by atoms with Crippen molar-refractivity contribution in [1.29, 1.82) is 0 Å². The lowest BCUT2D eigenvalue weighted by Crippen LogP contribution is -2.14. The number of rotatable bonds is 3. The Morgan fingerprint density at radius 3 is 2.41 bits per heavy atom. The largest absolute Gasteiger partial charge is 0.481 e. The van der Waals surface area contributed by atoms with Crippen LogP contribution >= 0.6 is 11.3 Å². The fourth-order valence-corrected chi connectivity index (χ4v) is 2.82. The average molecular weight is 322 g/mol. The third-order valence-corrected chi connectivity index (χ3v) is 3.89. The van der Waals surface area contributed by atoms with Crippen LogP contribution in [0.5, 0.6) is 11.8 Å². The van der Waals surface area contributed by atoms with Gasteiger partial charge in [0.2, 0.25) is 17.7 Å². The van der Waals surface area contributed by atoms with Crippen LogP contribution in [-0.2, 0) is 0 Å². The number of halogens is 1. The molecule has 2 heterocycles. The minimum Gasteiger partial charge on any atom is -0.481 e. The van der Waals surface area contributed by atoms with Crippen LogP contribution in [-0.4, -0.2) is 28.8 Å². The number of nitrogens with zero attached hydrogens (tertiary/aromatic N) is 3. The van der Waals surface area contributed by atoms with Crippen molar-refractivity contribution in [2.24, 2.45) is 0 Å². The maximum absolute atomic E-state index is 13.5. The summed E-state index contributed by atoms with van der Waals surface area (Å²) in [4.78, 5) is 20.1. The van der Waals surface area contributed by atoms with Crippen LogP contribution in [0.25, 0.3) is 16.2 Å². The Kier molecular flexibility index (Phi) is 3.41. The number of aromatic nitrogens is 3. The number of hydrogen-bond donors (Lipinski definition) is 1. The standard InChI is InChI=1S/C13H11FN4O3S/c1-20-10-5-11(21-2)17-12(16-10)18-8-4-7(15)6(14)3-9(8)22-13(18)19/h3-5H,15H2,1-2H3. The molecule has 0 atom stereocenters. The van der Waals surface area contributed by atoms with E-state index in [1.54, 1.807) is 0 Å². The molecule has 0 unspecified atom stereocenters. The van der Waals surface area contributed by atoms with Crippen LogP contribution in [0.1, 0.15) is 0 Å². The molecule has 0 saturated heterocycles. The molecule has 7 nitrogen and oxygen atoms in total. The zero-order valence-electron chi connectivity index (χ0n) is 11.7. The molecule has 1 aromatic carbocycles. The predicted octanol–water partition coefficient (Wildman–Crippen LogP) is 1.58. The summed E-state index contributed by atoms with van der Waals surface area (Å²) < 4.78 is 25.3. The van der Waals surface area contributed by atoms with Crippen LogP contribution in [0.3, 0.4) is 0 Å². The van der Waals surface area contributed by atoms with Gasteiger partial charge in [-0.3, -0.25) is 4.79 Å². The van der Waals surface area contributed by atoms with Crippen molar-refractivity contribution in [2.75, 3.05) is 20.0 Å². The lowest BCUT2D eigenvalue weighted by atomic mass is 10.3. The van der Waals surface area contributed by atoms with Crippen molar-refractivity contribution in [3.8, 4) is 17.7 Å². The molecule has 0 aliphatic carbocycles. The molecule has 3 aromatic rings. The van der Waals surface area contributed by atoms with E-state index in [9.17, 15) is 9.18 Å². The Bertz CT molecular complexity index is 899. The van der Waals surface area contributed by atoms with Gasteiger partial charge in [-0.15, -0.1) is 0 Å². The van der Waals surface area contributed by atoms with E-state index in [0.717, 1.165) is 11.3 Å². The minimum absolute atomic E-state index is 0.0612. The number of fused-ring (bicyclic) bond motifs is 1. The molecule has 0 aliphatic rings. The first-order valence-electron chi connectivity index (χ1n) is 6.11. The highest BCUT2D eigenvalue weighted by atomic mass is 32.1. The van der Waals surface area contributed by atoms with Gasteiger partial charge in [-0.1, -0.05) is 11.3 Å². The average Bonchev–Trinajstić information content (AvgIpc) is 2.82. The first kappa shape index (κ1) is 14.3. The molecular formula is C13H11FN4O3S. The molecule has 3 rings (SSSR count). The molecular weight excluding hydrogens is 311 g/mol. The number of thiazole rings is 1. The van der Waals surface area contributed by atoms with E-state index in [2.05, 4.69) is 9.97 Å². The van der Waals surface area contributed by atoms with Crippen molar-refractivity contribution < 1.29 is 13.9 Å². The molecule has 2 aromatic heterocycles. The van der Waals surface area contributed by atoms with Gasteiger partial charge in [0.15, 0.2) is 0 Å². The number of nitrogen functional groups attached to an aromatic ring is 1. The van der Waals surface area contributed by atoms with Gasteiger partial charge in [0.05, 0.1) is 36.2 Å². The second kappa shape index (κ2) is 5.26. The van der Waals surface area contributed by atoms with Gasteiger partial charge in [0.1, 0.15) is 5.82 Å². The smallest absolute Gasteiger partial charge is 0.315 e. The summed E-state index contributed by atoms with van der Waals surface area (Å²) in [6.45, 7) is 0. The number of hydrogen-bond acceptors (Lipinski definition) is 7. The van der Waals surface area contributed by atoms with Crippen LogP contribution in [0, 0.1) is 5.82 Å². The van der Waals surface area contributed by atoms with Gasteiger partial charge in [-0.25, -0.2) is 8.96 Å². The highest BCUT2D eigenvalue weighted by molar-refractivity contribution is 7.16. The summed E-state index contributed by atoms with van der Waals surface area (Å²) in [7, 11) is 2.88. The zero-order chi connectivity index (χ0) is 15.9. The first-order chi connectivity index (χ1) is 10.5. The van der Waals surface area contributed by atoms with Crippen molar-refractivity contribution in [3.63, 3.8) is 0 Å². The fraction of sp³-hybridized carbons (Fsp3) is 0.154. The van der Waals surface area contributed by atoms with Crippen LogP contribution in [0.4, 0.5) is 10.1 Å².